The van der Waals surface area contributed by atoms with Crippen LogP contribution in [-0.4, -0.2) is 174 Å². The number of piperazine rings is 1. The van der Waals surface area contributed by atoms with Gasteiger partial charge in [-0.1, -0.05) is 79.8 Å². The maximum Gasteiger partial charge on any atom is 0.314 e. The summed E-state index contributed by atoms with van der Waals surface area (Å²) in [4.78, 5) is 66.5. The van der Waals surface area contributed by atoms with Crippen LogP contribution < -0.4 is 36.6 Å². The van der Waals surface area contributed by atoms with Gasteiger partial charge in [0.2, 0.25) is 17.8 Å². The summed E-state index contributed by atoms with van der Waals surface area (Å²) in [6, 6.07) is 17.1. The summed E-state index contributed by atoms with van der Waals surface area (Å²) in [5, 5.41) is 33.5. The van der Waals surface area contributed by atoms with Crippen LogP contribution in [0.1, 0.15) is 61.0 Å². The zero-order valence-corrected chi connectivity index (χ0v) is 53.6. The normalized spacial score (nSPS) is 17.4. The van der Waals surface area contributed by atoms with Crippen LogP contribution >= 0.6 is 34.8 Å². The minimum absolute atomic E-state index is 0.0117. The third kappa shape index (κ3) is 16.7. The third-order valence-corrected chi connectivity index (χ3v) is 16.5. The quantitative estimate of drug-likeness (QED) is 0.0197. The summed E-state index contributed by atoms with van der Waals surface area (Å²) < 4.78 is 91.8. The highest BCUT2D eigenvalue weighted by Crippen LogP contribution is 2.53. The van der Waals surface area contributed by atoms with Crippen molar-refractivity contribution in [3.63, 3.8) is 0 Å². The van der Waals surface area contributed by atoms with E-state index in [9.17, 15) is 29.5 Å². The van der Waals surface area contributed by atoms with Gasteiger partial charge in [0.05, 0.1) is 93.4 Å². The van der Waals surface area contributed by atoms with E-state index >= 15 is 17.6 Å². The molecule has 92 heavy (non-hydrogen) atoms. The standard InChI is InChI=1S/C64H72Cl3F4N11O10/c1-63(2,3)35-49-64(36-72,41-14-13-38(65)33-45(41)69)53(39-8-6-9-42(66)54(39)70)57(77-49)60(86)76-46-15-12-37(32-48(46)88-5)59(85)74-18-24-89-26-28-91-30-31-92-29-27-90-25-23-80(4)50(84)16-17-75-62-78-56-40(58(79-62)81-19-21-82(22-20-81)61(73)87)34-43(67)51(55(56)71)52-44(68)10-7-11-47(52)83/h6-15,32-34,49,53,57,77,83H,16-31,35H2,1-5H3,(H2,73,87)(H,74,85)(H,76,86)(H,75,78,79)/t49-,53-,57+,64-/m0/s1. The fourth-order valence-electron chi connectivity index (χ4n) is 11.2. The van der Waals surface area contributed by atoms with Crippen LogP contribution in [0.2, 0.25) is 15.1 Å². The van der Waals surface area contributed by atoms with Gasteiger partial charge in [-0.05, 0) is 72.0 Å². The Labute approximate surface area is 544 Å². The molecule has 8 rings (SSSR count). The number of benzene rings is 5. The van der Waals surface area contributed by atoms with Crippen LogP contribution in [0.3, 0.4) is 0 Å². The average Bonchev–Trinajstić information content (AvgIpc) is 1.51. The number of nitrogens with two attached hydrogens (primary N) is 1. The first kappa shape index (κ1) is 70.1. The molecule has 0 saturated carbocycles. The van der Waals surface area contributed by atoms with Crippen molar-refractivity contribution in [2.45, 2.75) is 57.0 Å². The number of likely N-dealkylation sites (N-methyl/N-ethyl adjacent to an activating group) is 1. The summed E-state index contributed by atoms with van der Waals surface area (Å²) >= 11 is 19.0. The fourth-order valence-corrected chi connectivity index (χ4v) is 11.9. The number of rotatable bonds is 28. The lowest BCUT2D eigenvalue weighted by molar-refractivity contribution is -0.130. The molecule has 0 radical (unpaired) electrons. The van der Waals surface area contributed by atoms with E-state index in [1.54, 1.807) is 7.05 Å². The molecule has 0 unspecified atom stereocenters. The molecule has 5 aromatic carbocycles. The first-order chi connectivity index (χ1) is 44.0. The molecular weight excluding hydrogens is 1270 g/mol. The predicted molar refractivity (Wildman–Crippen MR) is 341 cm³/mol. The number of hydrogen-bond acceptors (Lipinski definition) is 16. The van der Waals surface area contributed by atoms with Crippen LogP contribution in [0.4, 0.5) is 39.8 Å². The number of carbonyl (C=O) groups is 4. The Balaban J connectivity index is 0.723. The number of amides is 5. The molecule has 1 aromatic heterocycles. The summed E-state index contributed by atoms with van der Waals surface area (Å²) in [5.41, 5.74) is 2.42. The Hall–Kier alpha value is -7.80. The van der Waals surface area contributed by atoms with Crippen LogP contribution in [0.15, 0.2) is 78.9 Å². The molecule has 0 bridgehead atoms. The van der Waals surface area contributed by atoms with Gasteiger partial charge in [-0.15, -0.1) is 0 Å². The maximum absolute atomic E-state index is 16.5. The van der Waals surface area contributed by atoms with Crippen LogP contribution in [0.5, 0.6) is 11.5 Å². The van der Waals surface area contributed by atoms with E-state index in [1.807, 2.05) is 25.7 Å². The van der Waals surface area contributed by atoms with Crippen LogP contribution in [0, 0.1) is 40.0 Å². The maximum atomic E-state index is 16.5. The number of nitrogens with zero attached hydrogens (tertiary/aromatic N) is 6. The van der Waals surface area contributed by atoms with E-state index in [4.69, 9.17) is 64.2 Å². The Bertz CT molecular complexity index is 3670. The van der Waals surface area contributed by atoms with Gasteiger partial charge in [-0.2, -0.15) is 10.2 Å². The molecule has 28 heteroatoms. The summed E-state index contributed by atoms with van der Waals surface area (Å²) in [7, 11) is 2.99. The van der Waals surface area contributed by atoms with Gasteiger partial charge in [0.25, 0.3) is 5.91 Å². The molecule has 0 spiro atoms. The van der Waals surface area contributed by atoms with Gasteiger partial charge in [0.1, 0.15) is 45.7 Å². The second-order valence-corrected chi connectivity index (χ2v) is 24.3. The molecule has 2 aliphatic rings. The average molecular weight is 1340 g/mol. The molecule has 3 heterocycles. The lowest BCUT2D eigenvalue weighted by Gasteiger charge is -2.37. The Morgan fingerprint density at radius 3 is 2.13 bits per heavy atom. The van der Waals surface area contributed by atoms with E-state index < -0.39 is 81.3 Å². The van der Waals surface area contributed by atoms with E-state index in [0.717, 1.165) is 12.1 Å². The molecule has 7 N–H and O–H groups in total. The fraction of sp³-hybridized carbons (Fsp3) is 0.422. The zero-order valence-electron chi connectivity index (χ0n) is 51.3. The van der Waals surface area contributed by atoms with Crippen LogP contribution in [-0.2, 0) is 34.0 Å². The summed E-state index contributed by atoms with van der Waals surface area (Å²) in [6.45, 7) is 9.45. The number of aromatic hydroxyl groups is 1. The molecule has 2 saturated heterocycles. The van der Waals surface area contributed by atoms with Crippen molar-refractivity contribution < 1.29 is 65.5 Å². The zero-order chi connectivity index (χ0) is 66.4. The summed E-state index contributed by atoms with van der Waals surface area (Å²) in [6.07, 6.45) is 0.286. The van der Waals surface area contributed by atoms with Crippen molar-refractivity contribution in [3.8, 4) is 28.7 Å². The Morgan fingerprint density at radius 1 is 0.815 bits per heavy atom. The molecule has 6 aromatic rings. The number of phenolic OH excluding ortho intramolecular Hbond substituents is 1. The largest absolute Gasteiger partial charge is 0.507 e. The predicted octanol–water partition coefficient (Wildman–Crippen LogP) is 9.45. The number of aromatic nitrogens is 2. The number of ether oxygens (including phenoxy) is 5. The Kier molecular flexibility index (Phi) is 24.1. The first-order valence-corrected chi connectivity index (χ1v) is 30.7. The molecule has 2 fully saturated rings. The number of methoxy groups -OCH3 is 1. The molecular formula is C64H72Cl3F4N11O10. The number of nitrogens with one attached hydrogen (secondary N) is 4. The highest BCUT2D eigenvalue weighted by atomic mass is 35.5. The number of anilines is 3. The number of hydrogen-bond donors (Lipinski definition) is 6. The number of fused-ring (bicyclic) bond motifs is 1. The van der Waals surface area contributed by atoms with E-state index in [-0.39, 0.29) is 176 Å². The van der Waals surface area contributed by atoms with Crippen molar-refractivity contribution in [2.24, 2.45) is 11.1 Å². The van der Waals surface area contributed by atoms with E-state index in [2.05, 4.69) is 37.3 Å². The minimum Gasteiger partial charge on any atom is -0.507 e. The van der Waals surface area contributed by atoms with Gasteiger partial charge in [0.15, 0.2) is 5.82 Å². The number of primary amides is 1. The second kappa shape index (κ2) is 31.7. The lowest BCUT2D eigenvalue weighted by Crippen LogP contribution is -2.50. The highest BCUT2D eigenvalue weighted by molar-refractivity contribution is 6.34. The van der Waals surface area contributed by atoms with Crippen LogP contribution in [0.25, 0.3) is 22.0 Å². The summed E-state index contributed by atoms with van der Waals surface area (Å²) in [5.74, 6) is -6.34. The molecule has 492 valence electrons. The molecule has 0 aliphatic carbocycles. The van der Waals surface area contributed by atoms with Gasteiger partial charge >= 0.3 is 6.03 Å². The number of halogens is 7. The second-order valence-electron chi connectivity index (χ2n) is 23.0. The van der Waals surface area contributed by atoms with Crippen molar-refractivity contribution in [3.05, 3.63) is 134 Å². The van der Waals surface area contributed by atoms with Crippen molar-refractivity contribution >= 4 is 86.9 Å². The third-order valence-electron chi connectivity index (χ3n) is 15.7. The number of carbonyl (C=O) groups excluding carboxylic acids is 4. The van der Waals surface area contributed by atoms with Gasteiger partial charge < -0.3 is 70.5 Å². The topological polar surface area (TPSA) is 268 Å². The Morgan fingerprint density at radius 2 is 1.49 bits per heavy atom. The minimum atomic E-state index is -1.84. The van der Waals surface area contributed by atoms with E-state index in [1.165, 1.54) is 83.6 Å². The van der Waals surface area contributed by atoms with Gasteiger partial charge in [0, 0.05) is 98.3 Å². The number of urea groups is 1. The molecule has 2 aliphatic heterocycles. The van der Waals surface area contributed by atoms with Crippen molar-refractivity contribution in [1.82, 2.24) is 30.4 Å². The molecule has 5 amide bonds. The first-order valence-electron chi connectivity index (χ1n) is 29.6. The van der Waals surface area contributed by atoms with Crippen molar-refractivity contribution in [2.75, 3.05) is 128 Å². The van der Waals surface area contributed by atoms with Gasteiger partial charge in [-0.25, -0.2) is 27.3 Å². The van der Waals surface area contributed by atoms with E-state index in [0.29, 0.717) is 13.1 Å². The molecule has 4 atom stereocenters. The monoisotopic (exact) mass is 1340 g/mol. The molecule has 21 nitrogen and oxygen atoms in total. The van der Waals surface area contributed by atoms with Crippen molar-refractivity contribution in [1.29, 1.82) is 5.26 Å². The highest BCUT2D eigenvalue weighted by Gasteiger charge is 2.61. The smallest absolute Gasteiger partial charge is 0.314 e. The lowest BCUT2D eigenvalue weighted by atomic mass is 9.62. The SMILES string of the molecule is COc1cc(C(=O)NCCOCCOCCOCCOCCN(C)C(=O)CCNc2nc(N3CCN(C(N)=O)CC3)c3cc(Cl)c(-c4c(O)cccc4F)c(F)c3n2)ccc1NC(=O)[C@@H]1N[C@@H](CC(C)(C)C)[C@](C#N)(c2ccc(Cl)cc2F)[C@H]1c1cccc(Cl)c1F. The number of nitriles is 1. The number of phenols is 1. The van der Waals surface area contributed by atoms with Gasteiger partial charge in [-0.3, -0.25) is 14.4 Å².